The Morgan fingerprint density at radius 1 is 1.03 bits per heavy atom. The van der Waals surface area contributed by atoms with Gasteiger partial charge in [0.05, 0.1) is 0 Å². The summed E-state index contributed by atoms with van der Waals surface area (Å²) in [7, 11) is -1.87. The maximum atomic E-state index is 4.30. The van der Waals surface area contributed by atoms with Gasteiger partial charge in [-0.05, 0) is 0 Å². The topological polar surface area (TPSA) is 0 Å². The Labute approximate surface area is 226 Å². The molecule has 0 saturated heterocycles. The van der Waals surface area contributed by atoms with Crippen LogP contribution in [0.5, 0.6) is 0 Å². The van der Waals surface area contributed by atoms with Gasteiger partial charge in [-0.3, -0.25) is 0 Å². The van der Waals surface area contributed by atoms with Gasteiger partial charge in [-0.25, -0.2) is 0 Å². The van der Waals surface area contributed by atoms with E-state index in [4.69, 9.17) is 0 Å². The molecule has 1 aliphatic carbocycles. The number of allylic oxidation sites excluding steroid dienone is 13. The van der Waals surface area contributed by atoms with Gasteiger partial charge in [-0.15, -0.1) is 0 Å². The van der Waals surface area contributed by atoms with E-state index in [1.54, 1.807) is 0 Å². The molecule has 0 radical (unpaired) electrons. The molecule has 1 unspecified atom stereocenters. The van der Waals surface area contributed by atoms with Crippen LogP contribution in [0, 0.1) is 5.92 Å². The normalized spacial score (nSPS) is 20.8. The zero-order chi connectivity index (χ0) is 26.8. The van der Waals surface area contributed by atoms with Gasteiger partial charge in [-0.1, -0.05) is 0 Å². The molecule has 0 saturated carbocycles. The van der Waals surface area contributed by atoms with Crippen molar-refractivity contribution in [1.82, 2.24) is 0 Å². The SMILES string of the molecule is C=C/C(=C(C)\C=C(/C)c1ccccc1[PH](C)(/C=C\C=C1/CC(C)/C=C\C=C/C1=C)CC)c1ccccc1. The number of rotatable bonds is 8. The van der Waals surface area contributed by atoms with Gasteiger partial charge < -0.3 is 0 Å². The number of hydrogen-bond donors (Lipinski definition) is 0. The molecule has 0 bridgehead atoms. The summed E-state index contributed by atoms with van der Waals surface area (Å²) in [5, 5.41) is 1.49. The summed E-state index contributed by atoms with van der Waals surface area (Å²) < 4.78 is 0. The van der Waals surface area contributed by atoms with Crippen LogP contribution in [0.3, 0.4) is 0 Å². The molecule has 3 rings (SSSR count). The average Bonchev–Trinajstić information content (AvgIpc) is 2.90. The van der Waals surface area contributed by atoms with Crippen LogP contribution >= 0.6 is 7.26 Å². The van der Waals surface area contributed by atoms with Crippen molar-refractivity contribution in [3.63, 3.8) is 0 Å². The van der Waals surface area contributed by atoms with Crippen LogP contribution in [0.15, 0.2) is 139 Å². The van der Waals surface area contributed by atoms with Crippen molar-refractivity contribution >= 4 is 23.7 Å². The van der Waals surface area contributed by atoms with Crippen LogP contribution < -0.4 is 5.30 Å². The Hall–Kier alpha value is -3.21. The molecule has 0 nitrogen and oxygen atoms in total. The van der Waals surface area contributed by atoms with Gasteiger partial charge in [0.1, 0.15) is 0 Å². The van der Waals surface area contributed by atoms with E-state index in [0.717, 1.165) is 18.2 Å². The molecule has 1 heteroatoms. The standard InChI is InChI=1S/C36H43P/c1-8-34(32-20-11-10-12-21-32)30(5)27-31(6)35-23-15-16-24-36(35)37(7,9-2)25-17-22-33-26-28(3)18-13-14-19-29(33)4/h8,10-25,27-28,37H,1,4,9,26H2,2-3,5-7H3/b18-13-,19-14-,25-17-,31-27+,33-22+,34-30+. The van der Waals surface area contributed by atoms with Gasteiger partial charge in [0.2, 0.25) is 0 Å². The first-order valence-corrected chi connectivity index (χ1v) is 16.2. The summed E-state index contributed by atoms with van der Waals surface area (Å²) in [6.07, 6.45) is 19.6. The van der Waals surface area contributed by atoms with Crippen molar-refractivity contribution < 1.29 is 0 Å². The molecular weight excluding hydrogens is 463 g/mol. The molecule has 192 valence electrons. The third kappa shape index (κ3) is 7.41. The summed E-state index contributed by atoms with van der Waals surface area (Å²) in [4.78, 5) is 0. The molecule has 2 aromatic rings. The second-order valence-corrected chi connectivity index (χ2v) is 14.7. The van der Waals surface area contributed by atoms with Crippen molar-refractivity contribution in [2.45, 2.75) is 34.1 Å². The molecule has 2 aromatic carbocycles. The fraction of sp³-hybridized carbons (Fsp3) is 0.222. The fourth-order valence-corrected chi connectivity index (χ4v) is 7.65. The van der Waals surface area contributed by atoms with Crippen molar-refractivity contribution in [3.05, 3.63) is 150 Å². The minimum absolute atomic E-state index is 0.511. The summed E-state index contributed by atoms with van der Waals surface area (Å²) in [6.45, 7) is 19.9. The molecule has 37 heavy (non-hydrogen) atoms. The molecule has 0 N–H and O–H groups in total. The Morgan fingerprint density at radius 3 is 2.43 bits per heavy atom. The quantitative estimate of drug-likeness (QED) is 0.247. The predicted octanol–water partition coefficient (Wildman–Crippen LogP) is 9.92. The van der Waals surface area contributed by atoms with E-state index < -0.39 is 7.26 Å². The first kappa shape index (κ1) is 28.4. The van der Waals surface area contributed by atoms with E-state index in [1.165, 1.54) is 38.7 Å². The third-order valence-corrected chi connectivity index (χ3v) is 11.5. The van der Waals surface area contributed by atoms with Gasteiger partial charge in [0.15, 0.2) is 0 Å². The third-order valence-electron chi connectivity index (χ3n) is 7.41. The van der Waals surface area contributed by atoms with Crippen molar-refractivity contribution in [3.8, 4) is 0 Å². The van der Waals surface area contributed by atoms with Crippen LogP contribution in [-0.4, -0.2) is 12.8 Å². The molecule has 0 heterocycles. The average molecular weight is 507 g/mol. The summed E-state index contributed by atoms with van der Waals surface area (Å²) in [5.41, 5.74) is 8.68. The molecule has 0 aromatic heterocycles. The molecule has 0 amide bonds. The van der Waals surface area contributed by atoms with Gasteiger partial charge in [0.25, 0.3) is 0 Å². The van der Waals surface area contributed by atoms with Crippen LogP contribution in [0.4, 0.5) is 0 Å². The molecule has 0 aliphatic heterocycles. The minimum atomic E-state index is -1.87. The zero-order valence-corrected chi connectivity index (χ0v) is 24.3. The van der Waals surface area contributed by atoms with Gasteiger partial charge >= 0.3 is 227 Å². The Balaban J connectivity index is 1.98. The van der Waals surface area contributed by atoms with E-state index in [9.17, 15) is 0 Å². The molecule has 1 aliphatic rings. The van der Waals surface area contributed by atoms with E-state index >= 15 is 0 Å². The number of hydrogen-bond acceptors (Lipinski definition) is 0. The van der Waals surface area contributed by atoms with E-state index in [-0.39, 0.29) is 0 Å². The Morgan fingerprint density at radius 2 is 1.73 bits per heavy atom. The molecule has 0 fully saturated rings. The van der Waals surface area contributed by atoms with Gasteiger partial charge in [-0.2, -0.15) is 0 Å². The maximum absolute atomic E-state index is 4.30. The second kappa shape index (κ2) is 13.4. The van der Waals surface area contributed by atoms with Crippen LogP contribution in [-0.2, 0) is 0 Å². The summed E-state index contributed by atoms with van der Waals surface area (Å²) in [6, 6.07) is 19.5. The van der Waals surface area contributed by atoms with E-state index in [2.05, 4.69) is 150 Å². The predicted molar refractivity (Wildman–Crippen MR) is 172 cm³/mol. The van der Waals surface area contributed by atoms with Crippen molar-refractivity contribution in [2.24, 2.45) is 5.92 Å². The fourth-order valence-electron chi connectivity index (χ4n) is 4.96. The van der Waals surface area contributed by atoms with E-state index in [1.807, 2.05) is 6.08 Å². The van der Waals surface area contributed by atoms with E-state index in [0.29, 0.717) is 5.92 Å². The monoisotopic (exact) mass is 506 g/mol. The van der Waals surface area contributed by atoms with Crippen LogP contribution in [0.1, 0.15) is 45.2 Å². The van der Waals surface area contributed by atoms with Crippen molar-refractivity contribution in [2.75, 3.05) is 12.8 Å². The van der Waals surface area contributed by atoms with Crippen LogP contribution in [0.25, 0.3) is 11.1 Å². The second-order valence-electron chi connectivity index (χ2n) is 10.3. The Kier molecular flexibility index (Phi) is 10.2. The van der Waals surface area contributed by atoms with Gasteiger partial charge in [0, 0.05) is 0 Å². The first-order valence-electron chi connectivity index (χ1n) is 13.4. The Bertz CT molecular complexity index is 1290. The number of benzene rings is 2. The van der Waals surface area contributed by atoms with Crippen molar-refractivity contribution in [1.29, 1.82) is 0 Å². The van der Waals surface area contributed by atoms with Crippen LogP contribution in [0.2, 0.25) is 0 Å². The molecule has 0 spiro atoms. The zero-order valence-electron chi connectivity index (χ0n) is 23.3. The molecule has 1 atom stereocenters. The molecular formula is C36H43P. The summed E-state index contributed by atoms with van der Waals surface area (Å²) in [5.74, 6) is 3.02. The summed E-state index contributed by atoms with van der Waals surface area (Å²) >= 11 is 0. The first-order chi connectivity index (χ1) is 17.8.